The molecule has 0 atom stereocenters. The van der Waals surface area contributed by atoms with E-state index in [0.29, 0.717) is 0 Å². The third kappa shape index (κ3) is 1.31. The Kier molecular flexibility index (Phi) is 1.96. The molecule has 0 bridgehead atoms. The van der Waals surface area contributed by atoms with Crippen LogP contribution in [-0.2, 0) is 10.2 Å². The van der Waals surface area contributed by atoms with Crippen LogP contribution in [0.3, 0.4) is 0 Å². The maximum Gasteiger partial charge on any atom is 0.142 e. The monoisotopic (exact) mass is 217 g/mol. The van der Waals surface area contributed by atoms with E-state index in [9.17, 15) is 4.79 Å². The number of rotatable bonds is 2. The Morgan fingerprint density at radius 1 is 1.44 bits per heavy atom. The summed E-state index contributed by atoms with van der Waals surface area (Å²) in [7, 11) is 2.06. The SMILES string of the molecule is CN1CCOc2ccc(C3(C=O)CC3)cc21. The van der Waals surface area contributed by atoms with E-state index < -0.39 is 0 Å². The maximum atomic E-state index is 11.1. The molecule has 3 heteroatoms. The van der Waals surface area contributed by atoms with Crippen LogP contribution in [0.2, 0.25) is 0 Å². The lowest BCUT2D eigenvalue weighted by Gasteiger charge is -2.28. The number of fused-ring (bicyclic) bond motifs is 1. The van der Waals surface area contributed by atoms with Crippen LogP contribution in [0.15, 0.2) is 18.2 Å². The number of likely N-dealkylation sites (N-methyl/N-ethyl adjacent to an activating group) is 1. The number of ether oxygens (including phenoxy) is 1. The van der Waals surface area contributed by atoms with Gasteiger partial charge in [0.2, 0.25) is 0 Å². The second-order valence-corrected chi connectivity index (χ2v) is 4.73. The quantitative estimate of drug-likeness (QED) is 0.707. The minimum atomic E-state index is -0.187. The molecule has 1 fully saturated rings. The Hall–Kier alpha value is -1.51. The summed E-state index contributed by atoms with van der Waals surface area (Å²) < 4.78 is 5.59. The third-order valence-corrected chi connectivity index (χ3v) is 3.64. The number of benzene rings is 1. The summed E-state index contributed by atoms with van der Waals surface area (Å²) in [5.41, 5.74) is 2.06. The van der Waals surface area contributed by atoms with E-state index in [1.807, 2.05) is 12.1 Å². The van der Waals surface area contributed by atoms with Gasteiger partial charge in [-0.2, -0.15) is 0 Å². The first-order valence-electron chi connectivity index (χ1n) is 5.70. The van der Waals surface area contributed by atoms with Crippen LogP contribution in [0.5, 0.6) is 5.75 Å². The fourth-order valence-electron chi connectivity index (χ4n) is 2.27. The summed E-state index contributed by atoms with van der Waals surface area (Å²) in [6, 6.07) is 6.12. The predicted octanol–water partition coefficient (Wildman–Crippen LogP) is 1.75. The normalized spacial score (nSPS) is 20.9. The number of carbonyl (C=O) groups excluding carboxylic acids is 1. The van der Waals surface area contributed by atoms with Gasteiger partial charge in [0.15, 0.2) is 0 Å². The highest BCUT2D eigenvalue weighted by molar-refractivity contribution is 5.75. The third-order valence-electron chi connectivity index (χ3n) is 3.64. The van der Waals surface area contributed by atoms with Crippen LogP contribution >= 0.6 is 0 Å². The summed E-state index contributed by atoms with van der Waals surface area (Å²) in [4.78, 5) is 13.3. The van der Waals surface area contributed by atoms with Crippen molar-refractivity contribution >= 4 is 12.0 Å². The van der Waals surface area contributed by atoms with E-state index in [4.69, 9.17) is 4.74 Å². The number of aldehydes is 1. The minimum Gasteiger partial charge on any atom is -0.490 e. The molecule has 0 amide bonds. The molecule has 1 aliphatic heterocycles. The zero-order chi connectivity index (χ0) is 11.2. The molecule has 0 unspecified atom stereocenters. The number of nitrogens with zero attached hydrogens (tertiary/aromatic N) is 1. The lowest BCUT2D eigenvalue weighted by atomic mass is 9.96. The van der Waals surface area contributed by atoms with E-state index in [0.717, 1.165) is 49.3 Å². The molecule has 16 heavy (non-hydrogen) atoms. The van der Waals surface area contributed by atoms with Gasteiger partial charge in [-0.25, -0.2) is 0 Å². The molecule has 84 valence electrons. The molecule has 1 aliphatic carbocycles. The van der Waals surface area contributed by atoms with Crippen molar-refractivity contribution in [1.82, 2.24) is 0 Å². The van der Waals surface area contributed by atoms with Gasteiger partial charge in [-0.1, -0.05) is 6.07 Å². The van der Waals surface area contributed by atoms with E-state index >= 15 is 0 Å². The van der Waals surface area contributed by atoms with E-state index in [2.05, 4.69) is 18.0 Å². The van der Waals surface area contributed by atoms with Crippen molar-refractivity contribution in [3.05, 3.63) is 23.8 Å². The van der Waals surface area contributed by atoms with Gasteiger partial charge in [-0.3, -0.25) is 0 Å². The van der Waals surface area contributed by atoms with Crippen LogP contribution in [0.25, 0.3) is 0 Å². The molecule has 3 nitrogen and oxygen atoms in total. The summed E-state index contributed by atoms with van der Waals surface area (Å²) in [5, 5.41) is 0. The van der Waals surface area contributed by atoms with Crippen molar-refractivity contribution in [2.24, 2.45) is 0 Å². The zero-order valence-electron chi connectivity index (χ0n) is 9.40. The molecule has 1 heterocycles. The minimum absolute atomic E-state index is 0.187. The van der Waals surface area contributed by atoms with Crippen molar-refractivity contribution in [2.75, 3.05) is 25.1 Å². The van der Waals surface area contributed by atoms with Gasteiger partial charge in [0.1, 0.15) is 18.6 Å². The van der Waals surface area contributed by atoms with Gasteiger partial charge >= 0.3 is 0 Å². The fourth-order valence-corrected chi connectivity index (χ4v) is 2.27. The van der Waals surface area contributed by atoms with E-state index in [1.54, 1.807) is 0 Å². The summed E-state index contributed by atoms with van der Waals surface area (Å²) >= 11 is 0. The average molecular weight is 217 g/mol. The molecule has 0 radical (unpaired) electrons. The zero-order valence-corrected chi connectivity index (χ0v) is 9.40. The van der Waals surface area contributed by atoms with Crippen LogP contribution in [0.4, 0.5) is 5.69 Å². The Balaban J connectivity index is 2.04. The van der Waals surface area contributed by atoms with Crippen LogP contribution < -0.4 is 9.64 Å². The predicted molar refractivity (Wildman–Crippen MR) is 62.2 cm³/mol. The van der Waals surface area contributed by atoms with Gasteiger partial charge in [-0.05, 0) is 30.5 Å². The molecule has 1 aromatic rings. The molecule has 2 aliphatic rings. The number of carbonyl (C=O) groups is 1. The Labute approximate surface area is 95.0 Å². The Morgan fingerprint density at radius 2 is 2.25 bits per heavy atom. The molecule has 3 rings (SSSR count). The Bertz CT molecular complexity index is 438. The molecule has 0 spiro atoms. The lowest BCUT2D eigenvalue weighted by molar-refractivity contribution is -0.109. The van der Waals surface area contributed by atoms with Crippen molar-refractivity contribution in [1.29, 1.82) is 0 Å². The summed E-state index contributed by atoms with van der Waals surface area (Å²) in [6.45, 7) is 1.65. The highest BCUT2D eigenvalue weighted by Crippen LogP contribution is 2.48. The van der Waals surface area contributed by atoms with Crippen molar-refractivity contribution in [2.45, 2.75) is 18.3 Å². The van der Waals surface area contributed by atoms with Gasteiger partial charge in [0.25, 0.3) is 0 Å². The molecular formula is C13H15NO2. The van der Waals surface area contributed by atoms with Gasteiger partial charge in [0.05, 0.1) is 17.6 Å². The van der Waals surface area contributed by atoms with E-state index in [-0.39, 0.29) is 5.41 Å². The van der Waals surface area contributed by atoms with Crippen LogP contribution in [-0.4, -0.2) is 26.5 Å². The average Bonchev–Trinajstić information content (AvgIpc) is 3.10. The molecule has 1 aromatic carbocycles. The highest BCUT2D eigenvalue weighted by Gasteiger charge is 2.44. The molecule has 0 N–H and O–H groups in total. The smallest absolute Gasteiger partial charge is 0.142 e. The van der Waals surface area contributed by atoms with Gasteiger partial charge < -0.3 is 14.4 Å². The van der Waals surface area contributed by atoms with Crippen LogP contribution in [0.1, 0.15) is 18.4 Å². The largest absolute Gasteiger partial charge is 0.490 e. The molecule has 0 aromatic heterocycles. The second kappa shape index (κ2) is 3.24. The van der Waals surface area contributed by atoms with Crippen molar-refractivity contribution in [3.8, 4) is 5.75 Å². The first kappa shape index (κ1) is 9.70. The standard InChI is InChI=1S/C13H15NO2/c1-14-6-7-16-12-3-2-10(8-11(12)14)13(9-15)4-5-13/h2-3,8-9H,4-7H2,1H3. The molecule has 0 saturated heterocycles. The van der Waals surface area contributed by atoms with Gasteiger partial charge in [-0.15, -0.1) is 0 Å². The Morgan fingerprint density at radius 3 is 2.94 bits per heavy atom. The fraction of sp³-hybridized carbons (Fsp3) is 0.462. The first-order valence-corrected chi connectivity index (χ1v) is 5.70. The van der Waals surface area contributed by atoms with Crippen molar-refractivity contribution in [3.63, 3.8) is 0 Å². The molecular weight excluding hydrogens is 202 g/mol. The molecule has 1 saturated carbocycles. The number of hydrogen-bond acceptors (Lipinski definition) is 3. The lowest BCUT2D eigenvalue weighted by Crippen LogP contribution is -2.29. The maximum absolute atomic E-state index is 11.1. The van der Waals surface area contributed by atoms with Gasteiger partial charge in [0, 0.05) is 7.05 Å². The van der Waals surface area contributed by atoms with E-state index in [1.165, 1.54) is 0 Å². The van der Waals surface area contributed by atoms with Crippen LogP contribution in [0, 0.1) is 0 Å². The number of anilines is 1. The first-order chi connectivity index (χ1) is 7.75. The number of hydrogen-bond donors (Lipinski definition) is 0. The second-order valence-electron chi connectivity index (χ2n) is 4.73. The topological polar surface area (TPSA) is 29.5 Å². The van der Waals surface area contributed by atoms with Crippen molar-refractivity contribution < 1.29 is 9.53 Å². The summed E-state index contributed by atoms with van der Waals surface area (Å²) in [6.07, 6.45) is 3.07. The highest BCUT2D eigenvalue weighted by atomic mass is 16.5. The summed E-state index contributed by atoms with van der Waals surface area (Å²) in [5.74, 6) is 0.930.